The normalized spacial score (nSPS) is 30.1. The molecule has 2 aliphatic rings. The first-order chi connectivity index (χ1) is 23.2. The molecule has 0 bridgehead atoms. The van der Waals surface area contributed by atoms with Crippen LogP contribution in [-0.4, -0.2) is 115 Å². The van der Waals surface area contributed by atoms with E-state index in [0.717, 1.165) is 22.3 Å². The van der Waals surface area contributed by atoms with Gasteiger partial charge in [0, 0.05) is 0 Å². The van der Waals surface area contributed by atoms with Crippen LogP contribution in [0.15, 0.2) is 109 Å². The van der Waals surface area contributed by atoms with Crippen LogP contribution < -0.4 is 9.47 Å². The lowest BCUT2D eigenvalue weighted by Crippen LogP contribution is -2.60. The molecule has 0 saturated carbocycles. The van der Waals surface area contributed by atoms with E-state index in [0.29, 0.717) is 11.5 Å². The monoisotopic (exact) mass is 664 g/mol. The zero-order chi connectivity index (χ0) is 34.2. The molecule has 0 amide bonds. The number of aliphatic hydroxyl groups is 8. The predicted molar refractivity (Wildman–Crippen MR) is 173 cm³/mol. The van der Waals surface area contributed by atoms with Gasteiger partial charge in [-0.2, -0.15) is 0 Å². The molecule has 8 N–H and O–H groups in total. The van der Waals surface area contributed by atoms with Crippen LogP contribution in [0.25, 0.3) is 22.3 Å². The van der Waals surface area contributed by atoms with E-state index < -0.39 is 74.6 Å². The van der Waals surface area contributed by atoms with Crippen LogP contribution in [0, 0.1) is 0 Å². The minimum atomic E-state index is -1.45. The molecule has 0 spiro atoms. The molecule has 256 valence electrons. The van der Waals surface area contributed by atoms with Crippen molar-refractivity contribution < 1.29 is 59.8 Å². The molecular weight excluding hydrogens is 624 g/mol. The second-order valence-electron chi connectivity index (χ2n) is 11.4. The van der Waals surface area contributed by atoms with Gasteiger partial charge < -0.3 is 59.8 Å². The third-order valence-electron chi connectivity index (χ3n) is 8.12. The molecule has 0 radical (unpaired) electrons. The van der Waals surface area contributed by atoms with Crippen molar-refractivity contribution in [1.82, 2.24) is 0 Å². The summed E-state index contributed by atoms with van der Waals surface area (Å²) in [6.45, 7) is -0.977. The highest BCUT2D eigenvalue weighted by atomic mass is 16.7. The van der Waals surface area contributed by atoms with Gasteiger partial charge in [0.2, 0.25) is 12.6 Å². The minimum Gasteiger partial charge on any atom is -0.462 e. The molecule has 12 heteroatoms. The van der Waals surface area contributed by atoms with E-state index in [1.54, 1.807) is 24.3 Å². The van der Waals surface area contributed by atoms with E-state index in [4.69, 9.17) is 18.9 Å². The summed E-state index contributed by atoms with van der Waals surface area (Å²) in [5, 5.41) is 77.3. The summed E-state index contributed by atoms with van der Waals surface area (Å²) in [7, 11) is 0. The molecule has 10 atom stereocenters. The standard InChI is InChI=1S/2C18H20O6/c2*19-10-14-15(20)16(21)17(22)18(24-14)23-13-8-6-12(7-9-13)11-4-2-1-3-5-11/h2*1-9,14-22H,10H2. The van der Waals surface area contributed by atoms with Gasteiger partial charge in [-0.25, -0.2) is 0 Å². The summed E-state index contributed by atoms with van der Waals surface area (Å²) in [5.74, 6) is 0.887. The second kappa shape index (κ2) is 16.5. The van der Waals surface area contributed by atoms with Crippen molar-refractivity contribution in [3.63, 3.8) is 0 Å². The maximum Gasteiger partial charge on any atom is 0.229 e. The van der Waals surface area contributed by atoms with Crippen molar-refractivity contribution in [1.29, 1.82) is 0 Å². The molecule has 10 unspecified atom stereocenters. The van der Waals surface area contributed by atoms with E-state index in [9.17, 15) is 40.9 Å². The molecule has 0 aliphatic carbocycles. The highest BCUT2D eigenvalue weighted by molar-refractivity contribution is 5.64. The Morgan fingerprint density at radius 1 is 0.396 bits per heavy atom. The Kier molecular flexibility index (Phi) is 12.1. The summed E-state index contributed by atoms with van der Waals surface area (Å²) in [6.07, 6.45) is -12.9. The van der Waals surface area contributed by atoms with Gasteiger partial charge in [-0.15, -0.1) is 0 Å². The van der Waals surface area contributed by atoms with Crippen LogP contribution in [0.1, 0.15) is 0 Å². The topological polar surface area (TPSA) is 199 Å². The molecule has 4 aromatic carbocycles. The predicted octanol–water partition coefficient (Wildman–Crippen LogP) is 1.06. The average molecular weight is 665 g/mol. The quantitative estimate of drug-likeness (QED) is 0.134. The maximum atomic E-state index is 9.97. The molecule has 6 rings (SSSR count). The van der Waals surface area contributed by atoms with Gasteiger partial charge in [-0.3, -0.25) is 0 Å². The van der Waals surface area contributed by atoms with Crippen LogP contribution in [0.3, 0.4) is 0 Å². The average Bonchev–Trinajstić information content (AvgIpc) is 3.13. The van der Waals surface area contributed by atoms with E-state index in [1.807, 2.05) is 84.9 Å². The Morgan fingerprint density at radius 3 is 1.02 bits per heavy atom. The van der Waals surface area contributed by atoms with Crippen LogP contribution in [-0.2, 0) is 9.47 Å². The molecule has 48 heavy (non-hydrogen) atoms. The van der Waals surface area contributed by atoms with Crippen molar-refractivity contribution in [2.75, 3.05) is 13.2 Å². The Labute approximate surface area is 277 Å². The van der Waals surface area contributed by atoms with Gasteiger partial charge in [-0.1, -0.05) is 84.9 Å². The van der Waals surface area contributed by atoms with Gasteiger partial charge in [-0.05, 0) is 46.5 Å². The fourth-order valence-electron chi connectivity index (χ4n) is 5.31. The zero-order valence-electron chi connectivity index (χ0n) is 25.8. The summed E-state index contributed by atoms with van der Waals surface area (Å²) in [4.78, 5) is 0. The molecule has 0 aromatic heterocycles. The fourth-order valence-corrected chi connectivity index (χ4v) is 5.31. The Morgan fingerprint density at radius 2 is 0.708 bits per heavy atom. The first kappa shape index (κ1) is 35.4. The van der Waals surface area contributed by atoms with Crippen molar-refractivity contribution >= 4 is 0 Å². The van der Waals surface area contributed by atoms with Crippen molar-refractivity contribution in [2.45, 2.75) is 61.4 Å². The lowest BCUT2D eigenvalue weighted by atomic mass is 9.99. The highest BCUT2D eigenvalue weighted by Gasteiger charge is 2.45. The van der Waals surface area contributed by atoms with Gasteiger partial charge in [0.25, 0.3) is 0 Å². The SMILES string of the molecule is OCC1OC(Oc2ccc(-c3ccccc3)cc2)C(O)C(O)C1O.OCC1OC(Oc2ccc(-c3ccccc3)cc2)C(O)C(O)C1O. The fraction of sp³-hybridized carbons (Fsp3) is 0.333. The van der Waals surface area contributed by atoms with E-state index in [1.165, 1.54) is 0 Å². The van der Waals surface area contributed by atoms with E-state index in [2.05, 4.69) is 0 Å². The van der Waals surface area contributed by atoms with Crippen LogP contribution in [0.5, 0.6) is 11.5 Å². The van der Waals surface area contributed by atoms with E-state index in [-0.39, 0.29) is 0 Å². The van der Waals surface area contributed by atoms with Gasteiger partial charge in [0.1, 0.15) is 60.3 Å². The summed E-state index contributed by atoms with van der Waals surface area (Å²) in [5.41, 5.74) is 4.15. The van der Waals surface area contributed by atoms with Crippen LogP contribution in [0.4, 0.5) is 0 Å². The van der Waals surface area contributed by atoms with Crippen molar-refractivity contribution in [2.24, 2.45) is 0 Å². The smallest absolute Gasteiger partial charge is 0.229 e. The summed E-state index contributed by atoms with van der Waals surface area (Å²) < 4.78 is 21.7. The third kappa shape index (κ3) is 8.38. The maximum absolute atomic E-state index is 9.97. The molecule has 12 nitrogen and oxygen atoms in total. The molecular formula is C36H40O12. The van der Waals surface area contributed by atoms with Crippen LogP contribution >= 0.6 is 0 Å². The zero-order valence-corrected chi connectivity index (χ0v) is 25.8. The number of rotatable bonds is 8. The Hall–Kier alpha value is -3.92. The minimum absolute atomic E-state index is 0.444. The van der Waals surface area contributed by atoms with Gasteiger partial charge >= 0.3 is 0 Å². The highest BCUT2D eigenvalue weighted by Crippen LogP contribution is 2.28. The number of hydrogen-bond donors (Lipinski definition) is 8. The largest absolute Gasteiger partial charge is 0.462 e. The number of hydrogen-bond acceptors (Lipinski definition) is 12. The van der Waals surface area contributed by atoms with Crippen molar-refractivity contribution in [3.8, 4) is 33.8 Å². The van der Waals surface area contributed by atoms with Crippen molar-refractivity contribution in [3.05, 3.63) is 109 Å². The second-order valence-corrected chi connectivity index (χ2v) is 11.4. The van der Waals surface area contributed by atoms with Gasteiger partial charge in [0.15, 0.2) is 0 Å². The number of aliphatic hydroxyl groups excluding tert-OH is 8. The summed E-state index contributed by atoms with van der Waals surface area (Å²) in [6, 6.07) is 34.1. The Balaban J connectivity index is 0.000000188. The number of benzene rings is 4. The van der Waals surface area contributed by atoms with E-state index >= 15 is 0 Å². The molecule has 2 aliphatic heterocycles. The lowest BCUT2D eigenvalue weighted by Gasteiger charge is -2.39. The summed E-state index contributed by atoms with van der Waals surface area (Å²) >= 11 is 0. The molecule has 4 aromatic rings. The lowest BCUT2D eigenvalue weighted by molar-refractivity contribution is -0.277. The third-order valence-corrected chi connectivity index (χ3v) is 8.12. The first-order valence-electron chi connectivity index (χ1n) is 15.5. The number of ether oxygens (including phenoxy) is 4. The molecule has 2 saturated heterocycles. The first-order valence-corrected chi connectivity index (χ1v) is 15.5. The van der Waals surface area contributed by atoms with Gasteiger partial charge in [0.05, 0.1) is 13.2 Å². The Bertz CT molecular complexity index is 1400. The van der Waals surface area contributed by atoms with Crippen LogP contribution in [0.2, 0.25) is 0 Å². The molecule has 2 heterocycles. The molecule has 2 fully saturated rings.